The molecule has 3 rings (SSSR count). The van der Waals surface area contributed by atoms with Gasteiger partial charge < -0.3 is 9.72 Å². The first-order valence-corrected chi connectivity index (χ1v) is 5.95. The Morgan fingerprint density at radius 1 is 0.850 bits per heavy atom. The summed E-state index contributed by atoms with van der Waals surface area (Å²) >= 11 is 0. The van der Waals surface area contributed by atoms with E-state index >= 15 is 0 Å². The van der Waals surface area contributed by atoms with Crippen LogP contribution in [-0.2, 0) is 6.18 Å². The summed E-state index contributed by atoms with van der Waals surface area (Å²) in [5, 5.41) is 0.981. The first-order valence-electron chi connectivity index (χ1n) is 5.95. The normalized spacial score (nSPS) is 11.8. The standard InChI is InChI=1S/C15H10F3NO/c16-15(17,18)11-1-3-12(4-2-11)20-13-5-6-14-10(9-13)7-8-19-14/h1-9,19H. The lowest BCUT2D eigenvalue weighted by molar-refractivity contribution is -0.137. The SMILES string of the molecule is FC(F)(F)c1ccc(Oc2ccc3[nH]ccc3c2)cc1. The summed E-state index contributed by atoms with van der Waals surface area (Å²) in [5.41, 5.74) is 0.288. The molecule has 0 amide bonds. The first-order chi connectivity index (χ1) is 9.52. The zero-order valence-electron chi connectivity index (χ0n) is 10.2. The molecule has 102 valence electrons. The summed E-state index contributed by atoms with van der Waals surface area (Å²) in [5.74, 6) is 0.949. The zero-order valence-corrected chi connectivity index (χ0v) is 10.2. The van der Waals surface area contributed by atoms with E-state index in [2.05, 4.69) is 4.98 Å². The minimum atomic E-state index is -4.33. The third kappa shape index (κ3) is 2.47. The highest BCUT2D eigenvalue weighted by Gasteiger charge is 2.30. The van der Waals surface area contributed by atoms with Crippen LogP contribution in [0.5, 0.6) is 11.5 Å². The Bertz CT molecular complexity index is 729. The predicted octanol–water partition coefficient (Wildman–Crippen LogP) is 4.98. The molecule has 0 fully saturated rings. The molecule has 0 saturated heterocycles. The number of H-pyrrole nitrogens is 1. The van der Waals surface area contributed by atoms with Gasteiger partial charge in [-0.25, -0.2) is 0 Å². The van der Waals surface area contributed by atoms with Crippen molar-refractivity contribution in [2.24, 2.45) is 0 Å². The molecule has 20 heavy (non-hydrogen) atoms. The smallest absolute Gasteiger partial charge is 0.416 e. The molecule has 0 unspecified atom stereocenters. The maximum absolute atomic E-state index is 12.4. The number of halogens is 3. The predicted molar refractivity (Wildman–Crippen MR) is 69.8 cm³/mol. The van der Waals surface area contributed by atoms with Crippen molar-refractivity contribution in [3.8, 4) is 11.5 Å². The number of ether oxygens (including phenoxy) is 1. The number of alkyl halides is 3. The highest BCUT2D eigenvalue weighted by atomic mass is 19.4. The van der Waals surface area contributed by atoms with Gasteiger partial charge in [-0.2, -0.15) is 13.2 Å². The Morgan fingerprint density at radius 3 is 2.25 bits per heavy atom. The molecule has 0 aliphatic rings. The van der Waals surface area contributed by atoms with E-state index in [0.29, 0.717) is 11.5 Å². The Balaban J connectivity index is 1.83. The van der Waals surface area contributed by atoms with Gasteiger partial charge in [0, 0.05) is 17.1 Å². The molecule has 1 heterocycles. The first kappa shape index (κ1) is 12.6. The van der Waals surface area contributed by atoms with E-state index < -0.39 is 11.7 Å². The monoisotopic (exact) mass is 277 g/mol. The fourth-order valence-corrected chi connectivity index (χ4v) is 1.94. The van der Waals surface area contributed by atoms with Crippen LogP contribution >= 0.6 is 0 Å². The summed E-state index contributed by atoms with van der Waals surface area (Å²) in [4.78, 5) is 3.05. The van der Waals surface area contributed by atoms with Crippen LogP contribution in [-0.4, -0.2) is 4.98 Å². The molecule has 2 nitrogen and oxygen atoms in total. The van der Waals surface area contributed by atoms with Crippen LogP contribution in [0.2, 0.25) is 0 Å². The van der Waals surface area contributed by atoms with Crippen LogP contribution in [0.3, 0.4) is 0 Å². The number of aromatic nitrogens is 1. The molecular formula is C15H10F3NO. The minimum absolute atomic E-state index is 0.368. The highest BCUT2D eigenvalue weighted by Crippen LogP contribution is 2.31. The van der Waals surface area contributed by atoms with Crippen LogP contribution in [0, 0.1) is 0 Å². The minimum Gasteiger partial charge on any atom is -0.457 e. The van der Waals surface area contributed by atoms with Gasteiger partial charge in [-0.05, 0) is 48.5 Å². The van der Waals surface area contributed by atoms with E-state index in [0.717, 1.165) is 23.0 Å². The van der Waals surface area contributed by atoms with Crippen molar-refractivity contribution >= 4 is 10.9 Å². The van der Waals surface area contributed by atoms with Crippen LogP contribution < -0.4 is 4.74 Å². The lowest BCUT2D eigenvalue weighted by atomic mass is 10.2. The third-order valence-corrected chi connectivity index (χ3v) is 2.94. The molecule has 1 aromatic heterocycles. The van der Waals surface area contributed by atoms with Crippen molar-refractivity contribution in [3.05, 3.63) is 60.3 Å². The van der Waals surface area contributed by atoms with Gasteiger partial charge >= 0.3 is 6.18 Å². The number of hydrogen-bond donors (Lipinski definition) is 1. The van der Waals surface area contributed by atoms with Gasteiger partial charge in [-0.3, -0.25) is 0 Å². The lowest BCUT2D eigenvalue weighted by Gasteiger charge is -2.09. The Morgan fingerprint density at radius 2 is 1.55 bits per heavy atom. The molecular weight excluding hydrogens is 267 g/mol. The number of benzene rings is 2. The molecule has 3 aromatic rings. The second kappa shape index (κ2) is 4.59. The third-order valence-electron chi connectivity index (χ3n) is 2.94. The molecule has 0 atom stereocenters. The molecule has 0 spiro atoms. The maximum Gasteiger partial charge on any atom is 0.416 e. The average molecular weight is 277 g/mol. The Labute approximate surface area is 112 Å². The van der Waals surface area contributed by atoms with Crippen molar-refractivity contribution in [3.63, 3.8) is 0 Å². The molecule has 0 aliphatic carbocycles. The molecule has 0 saturated carbocycles. The van der Waals surface area contributed by atoms with Gasteiger partial charge in [0.05, 0.1) is 5.56 Å². The fraction of sp³-hybridized carbons (Fsp3) is 0.0667. The summed E-state index contributed by atoms with van der Waals surface area (Å²) in [6.45, 7) is 0. The summed E-state index contributed by atoms with van der Waals surface area (Å²) in [6, 6.07) is 12.0. The van der Waals surface area contributed by atoms with Crippen LogP contribution in [0.4, 0.5) is 13.2 Å². The van der Waals surface area contributed by atoms with E-state index in [1.54, 1.807) is 6.07 Å². The number of nitrogens with one attached hydrogen (secondary N) is 1. The van der Waals surface area contributed by atoms with Gasteiger partial charge in [-0.15, -0.1) is 0 Å². The van der Waals surface area contributed by atoms with E-state index in [1.165, 1.54) is 12.1 Å². The van der Waals surface area contributed by atoms with Crippen molar-refractivity contribution in [1.82, 2.24) is 4.98 Å². The summed E-state index contributed by atoms with van der Waals surface area (Å²) in [6.07, 6.45) is -2.52. The Hall–Kier alpha value is -2.43. The van der Waals surface area contributed by atoms with E-state index in [1.807, 2.05) is 24.4 Å². The number of rotatable bonds is 2. The van der Waals surface area contributed by atoms with Crippen molar-refractivity contribution in [1.29, 1.82) is 0 Å². The van der Waals surface area contributed by atoms with E-state index in [4.69, 9.17) is 4.74 Å². The van der Waals surface area contributed by atoms with Crippen LogP contribution in [0.25, 0.3) is 10.9 Å². The topological polar surface area (TPSA) is 25.0 Å². The van der Waals surface area contributed by atoms with Gasteiger partial charge in [0.1, 0.15) is 11.5 Å². The molecule has 5 heteroatoms. The van der Waals surface area contributed by atoms with Gasteiger partial charge in [0.15, 0.2) is 0 Å². The van der Waals surface area contributed by atoms with Crippen LogP contribution in [0.15, 0.2) is 54.7 Å². The number of hydrogen-bond acceptors (Lipinski definition) is 1. The summed E-state index contributed by atoms with van der Waals surface area (Å²) < 4.78 is 42.9. The van der Waals surface area contributed by atoms with Crippen molar-refractivity contribution < 1.29 is 17.9 Å². The zero-order chi connectivity index (χ0) is 14.2. The van der Waals surface area contributed by atoms with Gasteiger partial charge in [-0.1, -0.05) is 0 Å². The van der Waals surface area contributed by atoms with E-state index in [-0.39, 0.29) is 0 Å². The van der Waals surface area contributed by atoms with E-state index in [9.17, 15) is 13.2 Å². The Kier molecular flexibility index (Phi) is 2.89. The van der Waals surface area contributed by atoms with Crippen molar-refractivity contribution in [2.45, 2.75) is 6.18 Å². The largest absolute Gasteiger partial charge is 0.457 e. The average Bonchev–Trinajstić information content (AvgIpc) is 2.86. The number of aromatic amines is 1. The fourth-order valence-electron chi connectivity index (χ4n) is 1.94. The second-order valence-corrected chi connectivity index (χ2v) is 4.35. The van der Waals surface area contributed by atoms with Gasteiger partial charge in [0.2, 0.25) is 0 Å². The molecule has 0 radical (unpaired) electrons. The van der Waals surface area contributed by atoms with Crippen LogP contribution in [0.1, 0.15) is 5.56 Å². The molecule has 1 N–H and O–H groups in total. The molecule has 2 aromatic carbocycles. The second-order valence-electron chi connectivity index (χ2n) is 4.35. The van der Waals surface area contributed by atoms with Gasteiger partial charge in [0.25, 0.3) is 0 Å². The number of fused-ring (bicyclic) bond motifs is 1. The highest BCUT2D eigenvalue weighted by molar-refractivity contribution is 5.80. The summed E-state index contributed by atoms with van der Waals surface area (Å²) in [7, 11) is 0. The molecule has 0 aliphatic heterocycles. The maximum atomic E-state index is 12.4. The quantitative estimate of drug-likeness (QED) is 0.702. The van der Waals surface area contributed by atoms with Crippen molar-refractivity contribution in [2.75, 3.05) is 0 Å². The lowest BCUT2D eigenvalue weighted by Crippen LogP contribution is -2.03. The molecule has 0 bridgehead atoms.